The van der Waals surface area contributed by atoms with Gasteiger partial charge in [-0.2, -0.15) is 0 Å². The molecule has 1 aromatic carbocycles. The maximum atomic E-state index is 12.8. The molecule has 0 N–H and O–H groups in total. The summed E-state index contributed by atoms with van der Waals surface area (Å²) in [6, 6.07) is 14.4. The predicted octanol–water partition coefficient (Wildman–Crippen LogP) is 2.45. The van der Waals surface area contributed by atoms with E-state index in [1.807, 2.05) is 23.1 Å². The number of hydrogen-bond acceptors (Lipinski definition) is 4. The van der Waals surface area contributed by atoms with Gasteiger partial charge in [-0.25, -0.2) is 4.98 Å². The number of pyridine rings is 1. The Balaban J connectivity index is 1.29. The molecule has 0 saturated carbocycles. The van der Waals surface area contributed by atoms with Crippen molar-refractivity contribution in [1.29, 1.82) is 0 Å². The molecule has 2 saturated heterocycles. The highest BCUT2D eigenvalue weighted by molar-refractivity contribution is 5.92. The molecule has 6 nitrogen and oxygen atoms in total. The van der Waals surface area contributed by atoms with E-state index in [9.17, 15) is 9.59 Å². The average molecular weight is 393 g/mol. The van der Waals surface area contributed by atoms with Crippen molar-refractivity contribution in [1.82, 2.24) is 14.8 Å². The van der Waals surface area contributed by atoms with E-state index in [-0.39, 0.29) is 5.91 Å². The lowest BCUT2D eigenvalue weighted by Gasteiger charge is -2.34. The van der Waals surface area contributed by atoms with Crippen molar-refractivity contribution < 1.29 is 9.59 Å². The van der Waals surface area contributed by atoms with Gasteiger partial charge in [0.05, 0.1) is 11.9 Å². The van der Waals surface area contributed by atoms with E-state index in [1.165, 1.54) is 5.56 Å². The van der Waals surface area contributed by atoms with Gasteiger partial charge < -0.3 is 14.7 Å². The van der Waals surface area contributed by atoms with E-state index in [4.69, 9.17) is 0 Å². The number of rotatable bonds is 5. The minimum absolute atomic E-state index is 0.0282. The van der Waals surface area contributed by atoms with E-state index in [1.54, 1.807) is 11.1 Å². The fourth-order valence-electron chi connectivity index (χ4n) is 4.23. The molecule has 2 aliphatic rings. The molecule has 2 aromatic rings. The average Bonchev–Trinajstić information content (AvgIpc) is 2.80. The molecule has 2 fully saturated rings. The summed E-state index contributed by atoms with van der Waals surface area (Å²) in [5.41, 5.74) is 2.90. The largest absolute Gasteiger partial charge is 0.367 e. The number of carbonyl (C=O) groups excluding carboxylic acids is 2. The van der Waals surface area contributed by atoms with E-state index in [2.05, 4.69) is 34.1 Å². The molecular formula is C23H28N4O2. The summed E-state index contributed by atoms with van der Waals surface area (Å²) in [6.45, 7) is 4.64. The molecule has 4 rings (SSSR count). The number of nitrogens with zero attached hydrogens (tertiary/aromatic N) is 4. The van der Waals surface area contributed by atoms with Gasteiger partial charge in [0.1, 0.15) is 5.69 Å². The first-order chi connectivity index (χ1) is 14.2. The third kappa shape index (κ3) is 4.75. The van der Waals surface area contributed by atoms with Crippen molar-refractivity contribution in [2.24, 2.45) is 5.92 Å². The summed E-state index contributed by atoms with van der Waals surface area (Å²) in [5, 5.41) is 0. The summed E-state index contributed by atoms with van der Waals surface area (Å²) in [5.74, 6) is 0.669. The van der Waals surface area contributed by atoms with Crippen LogP contribution in [0.5, 0.6) is 0 Å². The van der Waals surface area contributed by atoms with Gasteiger partial charge in [-0.1, -0.05) is 30.3 Å². The molecule has 3 heterocycles. The Labute approximate surface area is 172 Å². The van der Waals surface area contributed by atoms with Crippen LogP contribution in [0.25, 0.3) is 0 Å². The van der Waals surface area contributed by atoms with Crippen LogP contribution in [0.3, 0.4) is 0 Å². The minimum Gasteiger partial charge on any atom is -0.367 e. The van der Waals surface area contributed by atoms with Crippen LogP contribution >= 0.6 is 0 Å². The zero-order chi connectivity index (χ0) is 20.1. The van der Waals surface area contributed by atoms with Crippen LogP contribution in [0.2, 0.25) is 0 Å². The van der Waals surface area contributed by atoms with Gasteiger partial charge in [-0.05, 0) is 42.9 Å². The number of piperazine rings is 1. The number of aromatic nitrogens is 1. The number of benzene rings is 1. The van der Waals surface area contributed by atoms with Gasteiger partial charge in [0.25, 0.3) is 5.91 Å². The summed E-state index contributed by atoms with van der Waals surface area (Å²) in [7, 11) is 0. The lowest BCUT2D eigenvalue weighted by Crippen LogP contribution is -2.45. The fourth-order valence-corrected chi connectivity index (χ4v) is 4.23. The van der Waals surface area contributed by atoms with E-state index in [0.29, 0.717) is 11.6 Å². The third-order valence-electron chi connectivity index (χ3n) is 6.06. The van der Waals surface area contributed by atoms with Crippen molar-refractivity contribution in [3.63, 3.8) is 0 Å². The number of amides is 2. The Hall–Kier alpha value is -2.89. The van der Waals surface area contributed by atoms with Gasteiger partial charge in [0, 0.05) is 39.3 Å². The van der Waals surface area contributed by atoms with Crippen molar-refractivity contribution in [3.05, 3.63) is 59.9 Å². The first-order valence-electron chi connectivity index (χ1n) is 10.5. The van der Waals surface area contributed by atoms with Gasteiger partial charge in [0.15, 0.2) is 0 Å². The molecule has 0 radical (unpaired) electrons. The van der Waals surface area contributed by atoms with Crippen molar-refractivity contribution in [2.45, 2.75) is 19.3 Å². The Morgan fingerprint density at radius 1 is 0.966 bits per heavy atom. The monoisotopic (exact) mass is 392 g/mol. The second kappa shape index (κ2) is 9.07. The molecule has 2 amide bonds. The Morgan fingerprint density at radius 2 is 1.69 bits per heavy atom. The van der Waals surface area contributed by atoms with Crippen LogP contribution in [0, 0.1) is 5.92 Å². The first kappa shape index (κ1) is 19.4. The van der Waals surface area contributed by atoms with Crippen molar-refractivity contribution in [3.8, 4) is 0 Å². The molecule has 0 bridgehead atoms. The zero-order valence-corrected chi connectivity index (χ0v) is 16.7. The summed E-state index contributed by atoms with van der Waals surface area (Å²) in [6.07, 6.45) is 5.86. The maximum absolute atomic E-state index is 12.8. The highest BCUT2D eigenvalue weighted by Crippen LogP contribution is 2.23. The number of hydrogen-bond donors (Lipinski definition) is 0. The Kier molecular flexibility index (Phi) is 6.08. The zero-order valence-electron chi connectivity index (χ0n) is 16.7. The molecule has 29 heavy (non-hydrogen) atoms. The van der Waals surface area contributed by atoms with Gasteiger partial charge in [-0.15, -0.1) is 0 Å². The lowest BCUT2D eigenvalue weighted by molar-refractivity contribution is -0.118. The molecule has 1 aromatic heterocycles. The lowest BCUT2D eigenvalue weighted by atomic mass is 9.90. The molecule has 0 aliphatic carbocycles. The topological polar surface area (TPSA) is 56.8 Å². The molecule has 6 heteroatoms. The predicted molar refractivity (Wildman–Crippen MR) is 113 cm³/mol. The highest BCUT2D eigenvalue weighted by Gasteiger charge is 2.25. The molecule has 0 unspecified atom stereocenters. The van der Waals surface area contributed by atoms with E-state index < -0.39 is 0 Å². The molecule has 0 atom stereocenters. The Bertz CT molecular complexity index is 809. The smallest absolute Gasteiger partial charge is 0.272 e. The number of anilines is 1. The SMILES string of the molecule is O=CN1CCN(c2ccc(C(=O)N3CCC(Cc4ccccc4)CC3)nc2)CC1. The number of piperidine rings is 1. The number of likely N-dealkylation sites (tertiary alicyclic amines) is 1. The third-order valence-corrected chi connectivity index (χ3v) is 6.06. The van der Waals surface area contributed by atoms with Crippen LogP contribution < -0.4 is 4.90 Å². The van der Waals surface area contributed by atoms with Gasteiger partial charge in [0.2, 0.25) is 6.41 Å². The highest BCUT2D eigenvalue weighted by atomic mass is 16.2. The Morgan fingerprint density at radius 3 is 2.31 bits per heavy atom. The molecule has 2 aliphatic heterocycles. The normalized spacial score (nSPS) is 18.0. The van der Waals surface area contributed by atoms with E-state index in [0.717, 1.165) is 70.6 Å². The first-order valence-corrected chi connectivity index (χ1v) is 10.5. The standard InChI is InChI=1S/C23H28N4O2/c28-18-25-12-14-26(15-13-25)21-6-7-22(24-17-21)23(29)27-10-8-20(9-11-27)16-19-4-2-1-3-5-19/h1-7,17-18,20H,8-16H2. The fraction of sp³-hybridized carbons (Fsp3) is 0.435. The van der Waals surface area contributed by atoms with Gasteiger partial charge in [-0.3, -0.25) is 9.59 Å². The molecule has 0 spiro atoms. The van der Waals surface area contributed by atoms with Gasteiger partial charge >= 0.3 is 0 Å². The quantitative estimate of drug-likeness (QED) is 0.734. The number of carbonyl (C=O) groups is 2. The molecule has 152 valence electrons. The maximum Gasteiger partial charge on any atom is 0.272 e. The summed E-state index contributed by atoms with van der Waals surface area (Å²) >= 11 is 0. The summed E-state index contributed by atoms with van der Waals surface area (Å²) in [4.78, 5) is 34.0. The van der Waals surface area contributed by atoms with Crippen LogP contribution in [0.4, 0.5) is 5.69 Å². The van der Waals surface area contributed by atoms with E-state index >= 15 is 0 Å². The van der Waals surface area contributed by atoms with Crippen LogP contribution in [-0.4, -0.2) is 66.4 Å². The second-order valence-corrected chi connectivity index (χ2v) is 7.96. The van der Waals surface area contributed by atoms with Crippen molar-refractivity contribution in [2.75, 3.05) is 44.2 Å². The van der Waals surface area contributed by atoms with Crippen LogP contribution in [-0.2, 0) is 11.2 Å². The van der Waals surface area contributed by atoms with Crippen LogP contribution in [0.15, 0.2) is 48.7 Å². The molecular weight excluding hydrogens is 364 g/mol. The van der Waals surface area contributed by atoms with Crippen LogP contribution in [0.1, 0.15) is 28.9 Å². The summed E-state index contributed by atoms with van der Waals surface area (Å²) < 4.78 is 0. The minimum atomic E-state index is 0.0282. The second-order valence-electron chi connectivity index (χ2n) is 7.96. The van der Waals surface area contributed by atoms with Crippen molar-refractivity contribution >= 4 is 18.0 Å².